The number of nitrogens with zero attached hydrogens (tertiary/aromatic N) is 1. The predicted octanol–water partition coefficient (Wildman–Crippen LogP) is 1.60. The normalized spacial score (nSPS) is 32.0. The van der Waals surface area contributed by atoms with Gasteiger partial charge in [0.1, 0.15) is 0 Å². The fourth-order valence-electron chi connectivity index (χ4n) is 2.62. The van der Waals surface area contributed by atoms with Gasteiger partial charge in [-0.3, -0.25) is 0 Å². The van der Waals surface area contributed by atoms with E-state index in [1.54, 1.807) is 11.2 Å². The van der Waals surface area contributed by atoms with Crippen molar-refractivity contribution in [3.05, 3.63) is 0 Å². The zero-order valence-corrected chi connectivity index (χ0v) is 9.81. The lowest BCUT2D eigenvalue weighted by molar-refractivity contribution is 0.188. The van der Waals surface area contributed by atoms with Crippen LogP contribution in [0.5, 0.6) is 0 Å². The van der Waals surface area contributed by atoms with Gasteiger partial charge < -0.3 is 0 Å². The van der Waals surface area contributed by atoms with E-state index in [1.807, 2.05) is 0 Å². The summed E-state index contributed by atoms with van der Waals surface area (Å²) in [5.74, 6) is 0.948. The molecule has 4 heteroatoms. The van der Waals surface area contributed by atoms with Crippen LogP contribution in [0, 0.1) is 5.92 Å². The maximum atomic E-state index is 11.8. The van der Waals surface area contributed by atoms with Crippen LogP contribution in [-0.4, -0.2) is 30.6 Å². The van der Waals surface area contributed by atoms with Crippen LogP contribution in [0.3, 0.4) is 0 Å². The van der Waals surface area contributed by atoms with Gasteiger partial charge in [-0.15, -0.1) is 0 Å². The third-order valence-electron chi connectivity index (χ3n) is 3.61. The van der Waals surface area contributed by atoms with Crippen molar-refractivity contribution in [3.63, 3.8) is 0 Å². The van der Waals surface area contributed by atoms with Crippen LogP contribution in [0.15, 0.2) is 0 Å². The lowest BCUT2D eigenvalue weighted by Gasteiger charge is -2.37. The maximum absolute atomic E-state index is 11.8. The van der Waals surface area contributed by atoms with E-state index in [9.17, 15) is 8.42 Å². The molecule has 1 saturated carbocycles. The van der Waals surface area contributed by atoms with Gasteiger partial charge in [-0.2, -0.15) is 4.31 Å². The van der Waals surface area contributed by atoms with Crippen molar-refractivity contribution in [1.82, 2.24) is 4.31 Å². The van der Waals surface area contributed by atoms with Crippen molar-refractivity contribution < 1.29 is 8.42 Å². The fraction of sp³-hybridized carbons (Fsp3) is 1.00. The molecule has 1 aliphatic heterocycles. The van der Waals surface area contributed by atoms with E-state index in [-0.39, 0.29) is 11.3 Å². The molecule has 14 heavy (non-hydrogen) atoms. The number of hydrogen-bond donors (Lipinski definition) is 0. The quantitative estimate of drug-likeness (QED) is 0.704. The predicted molar refractivity (Wildman–Crippen MR) is 56.5 cm³/mol. The van der Waals surface area contributed by atoms with Gasteiger partial charge in [-0.05, 0) is 38.5 Å². The second-order valence-corrected chi connectivity index (χ2v) is 6.98. The number of piperidine rings is 1. The average Bonchev–Trinajstić information content (AvgIpc) is 2.84. The van der Waals surface area contributed by atoms with Gasteiger partial charge >= 0.3 is 0 Å². The Morgan fingerprint density at radius 1 is 1.43 bits per heavy atom. The Balaban J connectivity index is 2.21. The minimum Gasteiger partial charge on any atom is -0.212 e. The molecule has 1 saturated heterocycles. The first kappa shape index (κ1) is 10.4. The summed E-state index contributed by atoms with van der Waals surface area (Å²) >= 11 is 0. The van der Waals surface area contributed by atoms with Gasteiger partial charge in [0.2, 0.25) is 10.0 Å². The van der Waals surface area contributed by atoms with E-state index >= 15 is 0 Å². The van der Waals surface area contributed by atoms with Gasteiger partial charge in [-0.25, -0.2) is 8.42 Å². The zero-order valence-electron chi connectivity index (χ0n) is 8.99. The molecule has 3 nitrogen and oxygen atoms in total. The summed E-state index contributed by atoms with van der Waals surface area (Å²) in [6.07, 6.45) is 4.26. The van der Waals surface area contributed by atoms with E-state index in [2.05, 4.69) is 6.92 Å². The molecule has 1 atom stereocenters. The van der Waals surface area contributed by atoms with Crippen molar-refractivity contribution >= 4 is 10.0 Å². The Hall–Kier alpha value is -0.0900. The molecule has 1 aliphatic carbocycles. The van der Waals surface area contributed by atoms with Crippen molar-refractivity contribution in [2.45, 2.75) is 45.1 Å². The van der Waals surface area contributed by atoms with Crippen molar-refractivity contribution in [2.75, 3.05) is 12.3 Å². The molecule has 2 aliphatic rings. The Labute approximate surface area is 86.5 Å². The number of hydrogen-bond acceptors (Lipinski definition) is 2. The van der Waals surface area contributed by atoms with Gasteiger partial charge in [0.05, 0.1) is 5.75 Å². The van der Waals surface area contributed by atoms with Crippen LogP contribution in [-0.2, 0) is 10.0 Å². The standard InChI is InChI=1S/C10H19NO2S/c1-3-14(12,13)11-7-4-9(2)8-10(11)5-6-10/h9H,3-8H2,1-2H3. The molecule has 0 bridgehead atoms. The fourth-order valence-corrected chi connectivity index (χ4v) is 4.16. The Bertz CT molecular complexity index is 319. The van der Waals surface area contributed by atoms with Crippen molar-refractivity contribution in [1.29, 1.82) is 0 Å². The monoisotopic (exact) mass is 217 g/mol. The lowest BCUT2D eigenvalue weighted by Crippen LogP contribution is -2.48. The molecule has 0 N–H and O–H groups in total. The first-order chi connectivity index (χ1) is 6.50. The van der Waals surface area contributed by atoms with Gasteiger partial charge in [0.15, 0.2) is 0 Å². The van der Waals surface area contributed by atoms with E-state index in [0.717, 1.165) is 32.2 Å². The molecule has 2 fully saturated rings. The van der Waals surface area contributed by atoms with Crippen LogP contribution >= 0.6 is 0 Å². The highest BCUT2D eigenvalue weighted by Crippen LogP contribution is 2.51. The highest BCUT2D eigenvalue weighted by Gasteiger charge is 2.54. The van der Waals surface area contributed by atoms with Crippen molar-refractivity contribution in [3.8, 4) is 0 Å². The summed E-state index contributed by atoms with van der Waals surface area (Å²) in [6.45, 7) is 4.72. The van der Waals surface area contributed by atoms with Crippen LogP contribution in [0.25, 0.3) is 0 Å². The molecule has 0 aromatic heterocycles. The summed E-state index contributed by atoms with van der Waals surface area (Å²) < 4.78 is 25.5. The second-order valence-electron chi connectivity index (χ2n) is 4.80. The summed E-state index contributed by atoms with van der Waals surface area (Å²) in [5, 5.41) is 0. The average molecular weight is 217 g/mol. The first-order valence-electron chi connectivity index (χ1n) is 5.51. The van der Waals surface area contributed by atoms with Gasteiger partial charge in [0.25, 0.3) is 0 Å². The first-order valence-corrected chi connectivity index (χ1v) is 7.12. The minimum atomic E-state index is -2.96. The van der Waals surface area contributed by atoms with Crippen LogP contribution in [0.4, 0.5) is 0 Å². The molecular weight excluding hydrogens is 198 g/mol. The molecule has 0 radical (unpaired) electrons. The molecule has 2 rings (SSSR count). The molecule has 0 amide bonds. The number of rotatable bonds is 2. The maximum Gasteiger partial charge on any atom is 0.214 e. The molecule has 1 heterocycles. The molecule has 0 aromatic carbocycles. The molecule has 1 spiro atoms. The Morgan fingerprint density at radius 3 is 2.57 bits per heavy atom. The molecule has 82 valence electrons. The third-order valence-corrected chi connectivity index (χ3v) is 5.58. The third kappa shape index (κ3) is 1.58. The summed E-state index contributed by atoms with van der Waals surface area (Å²) in [7, 11) is -2.96. The zero-order chi connectivity index (χ0) is 10.4. The molecular formula is C10H19NO2S. The van der Waals surface area contributed by atoms with Crippen LogP contribution in [0.1, 0.15) is 39.5 Å². The van der Waals surface area contributed by atoms with Crippen LogP contribution in [0.2, 0.25) is 0 Å². The molecule has 1 unspecified atom stereocenters. The number of sulfonamides is 1. The lowest BCUT2D eigenvalue weighted by atomic mass is 9.93. The van der Waals surface area contributed by atoms with E-state index < -0.39 is 10.0 Å². The SMILES string of the molecule is CCS(=O)(=O)N1CCC(C)CC12CC2. The second kappa shape index (κ2) is 3.20. The highest BCUT2D eigenvalue weighted by molar-refractivity contribution is 7.89. The van der Waals surface area contributed by atoms with Crippen LogP contribution < -0.4 is 0 Å². The Morgan fingerprint density at radius 2 is 2.07 bits per heavy atom. The molecule has 0 aromatic rings. The van der Waals surface area contributed by atoms with Crippen molar-refractivity contribution in [2.24, 2.45) is 5.92 Å². The summed E-state index contributed by atoms with van der Waals surface area (Å²) in [6, 6.07) is 0. The van der Waals surface area contributed by atoms with Gasteiger partial charge in [0, 0.05) is 12.1 Å². The topological polar surface area (TPSA) is 37.4 Å². The highest BCUT2D eigenvalue weighted by atomic mass is 32.2. The smallest absolute Gasteiger partial charge is 0.212 e. The largest absolute Gasteiger partial charge is 0.214 e. The summed E-state index contributed by atoms with van der Waals surface area (Å²) in [5.41, 5.74) is 0.0481. The van der Waals surface area contributed by atoms with E-state index in [0.29, 0.717) is 5.92 Å². The minimum absolute atomic E-state index is 0.0481. The Kier molecular flexibility index (Phi) is 2.39. The van der Waals surface area contributed by atoms with E-state index in [1.165, 1.54) is 0 Å². The summed E-state index contributed by atoms with van der Waals surface area (Å²) in [4.78, 5) is 0. The van der Waals surface area contributed by atoms with E-state index in [4.69, 9.17) is 0 Å². The van der Waals surface area contributed by atoms with Gasteiger partial charge in [-0.1, -0.05) is 6.92 Å².